The summed E-state index contributed by atoms with van der Waals surface area (Å²) >= 11 is 0. The molecule has 0 saturated carbocycles. The first-order chi connectivity index (χ1) is 11.0. The Balaban J connectivity index is 0.00000208. The van der Waals surface area contributed by atoms with Crippen molar-refractivity contribution in [2.45, 2.75) is 37.1 Å². The Morgan fingerprint density at radius 2 is 1.96 bits per heavy atom. The predicted molar refractivity (Wildman–Crippen MR) is 94.9 cm³/mol. The zero-order valence-electron chi connectivity index (χ0n) is 13.7. The van der Waals surface area contributed by atoms with Crippen LogP contribution >= 0.6 is 12.4 Å². The van der Waals surface area contributed by atoms with Crippen molar-refractivity contribution in [2.75, 3.05) is 26.2 Å². The van der Waals surface area contributed by atoms with E-state index in [-0.39, 0.29) is 24.4 Å². The zero-order valence-corrected chi connectivity index (χ0v) is 15.4. The zero-order chi connectivity index (χ0) is 16.4. The molecule has 2 heterocycles. The van der Waals surface area contributed by atoms with Crippen LogP contribution in [0.2, 0.25) is 0 Å². The maximum absolute atomic E-state index is 12.5. The van der Waals surface area contributed by atoms with Crippen molar-refractivity contribution in [3.63, 3.8) is 0 Å². The molecule has 0 aromatic heterocycles. The van der Waals surface area contributed by atoms with Gasteiger partial charge >= 0.3 is 0 Å². The number of halogens is 1. The number of hydrogen-bond donors (Lipinski definition) is 2. The minimum Gasteiger partial charge on any atom is -0.342 e. The van der Waals surface area contributed by atoms with Crippen LogP contribution < -0.4 is 10.0 Å². The fourth-order valence-corrected chi connectivity index (χ4v) is 4.55. The Labute approximate surface area is 149 Å². The van der Waals surface area contributed by atoms with Gasteiger partial charge in [-0.05, 0) is 49.1 Å². The Morgan fingerprint density at radius 1 is 1.25 bits per heavy atom. The third-order valence-electron chi connectivity index (χ3n) is 4.62. The molecule has 3 rings (SSSR count). The molecule has 0 spiro atoms. The van der Waals surface area contributed by atoms with Gasteiger partial charge in [-0.25, -0.2) is 13.1 Å². The molecule has 8 heteroatoms. The number of sulfonamides is 1. The highest BCUT2D eigenvalue weighted by atomic mass is 35.5. The first kappa shape index (κ1) is 19.2. The summed E-state index contributed by atoms with van der Waals surface area (Å²) in [5, 5.41) is 3.16. The van der Waals surface area contributed by atoms with Crippen molar-refractivity contribution < 1.29 is 13.2 Å². The molecule has 1 unspecified atom stereocenters. The van der Waals surface area contributed by atoms with Gasteiger partial charge in [0, 0.05) is 32.6 Å². The minimum atomic E-state index is -3.49. The van der Waals surface area contributed by atoms with E-state index in [4.69, 9.17) is 0 Å². The van der Waals surface area contributed by atoms with Gasteiger partial charge in [-0.15, -0.1) is 12.4 Å². The summed E-state index contributed by atoms with van der Waals surface area (Å²) in [6, 6.07) is 5.30. The van der Waals surface area contributed by atoms with Gasteiger partial charge in [-0.3, -0.25) is 4.79 Å². The van der Waals surface area contributed by atoms with Crippen LogP contribution in [0.3, 0.4) is 0 Å². The number of fused-ring (bicyclic) bond motifs is 1. The maximum atomic E-state index is 12.5. The number of benzene rings is 1. The number of carbonyl (C=O) groups excluding carboxylic acids is 1. The topological polar surface area (TPSA) is 78.5 Å². The Bertz CT molecular complexity index is 703. The van der Waals surface area contributed by atoms with Crippen LogP contribution in [0.4, 0.5) is 0 Å². The molecule has 2 N–H and O–H groups in total. The smallest absolute Gasteiger partial charge is 0.240 e. The highest BCUT2D eigenvalue weighted by molar-refractivity contribution is 7.89. The molecule has 0 aliphatic carbocycles. The Hall–Kier alpha value is -1.15. The van der Waals surface area contributed by atoms with E-state index >= 15 is 0 Å². The Morgan fingerprint density at radius 3 is 2.58 bits per heavy atom. The molecule has 24 heavy (non-hydrogen) atoms. The average molecular weight is 374 g/mol. The van der Waals surface area contributed by atoms with Crippen molar-refractivity contribution >= 4 is 28.3 Å². The second-order valence-electron chi connectivity index (χ2n) is 6.25. The van der Waals surface area contributed by atoms with Crippen LogP contribution in [0.15, 0.2) is 23.1 Å². The number of nitrogens with one attached hydrogen (secondary N) is 2. The maximum Gasteiger partial charge on any atom is 0.240 e. The van der Waals surface area contributed by atoms with E-state index in [2.05, 4.69) is 10.0 Å². The summed E-state index contributed by atoms with van der Waals surface area (Å²) < 4.78 is 27.8. The highest BCUT2D eigenvalue weighted by Crippen LogP contribution is 2.21. The van der Waals surface area contributed by atoms with Crippen LogP contribution in [-0.4, -0.2) is 51.4 Å². The highest BCUT2D eigenvalue weighted by Gasteiger charge is 2.24. The number of nitrogens with zero attached hydrogens (tertiary/aromatic N) is 1. The number of hydrogen-bond acceptors (Lipinski definition) is 4. The lowest BCUT2D eigenvalue weighted by atomic mass is 10.0. The van der Waals surface area contributed by atoms with E-state index < -0.39 is 10.0 Å². The summed E-state index contributed by atoms with van der Waals surface area (Å²) in [5.41, 5.74) is 2.16. The number of rotatable bonds is 3. The minimum absolute atomic E-state index is 0. The normalized spacial score (nSPS) is 20.9. The van der Waals surface area contributed by atoms with Crippen LogP contribution in [-0.2, 0) is 27.7 Å². The van der Waals surface area contributed by atoms with E-state index in [1.807, 2.05) is 11.0 Å². The van der Waals surface area contributed by atoms with E-state index in [1.54, 1.807) is 19.1 Å². The van der Waals surface area contributed by atoms with Crippen molar-refractivity contribution in [2.24, 2.45) is 0 Å². The van der Waals surface area contributed by atoms with Crippen LogP contribution in [0.5, 0.6) is 0 Å². The SMILES string of the molecule is CC(=O)N1CCc2ccc(S(=O)(=O)NC3CCNC3)cc2CC1.Cl. The molecule has 1 saturated heterocycles. The molecule has 1 amide bonds. The molecule has 1 aromatic carbocycles. The summed E-state index contributed by atoms with van der Waals surface area (Å²) in [6.07, 6.45) is 2.29. The lowest BCUT2D eigenvalue weighted by Gasteiger charge is -2.17. The average Bonchev–Trinajstić information content (AvgIpc) is 2.90. The van der Waals surface area contributed by atoms with E-state index in [1.165, 1.54) is 0 Å². The molecular formula is C16H24ClN3O3S. The molecule has 0 bridgehead atoms. The van der Waals surface area contributed by atoms with Gasteiger partial charge in [0.1, 0.15) is 0 Å². The van der Waals surface area contributed by atoms with Crippen molar-refractivity contribution in [1.82, 2.24) is 14.9 Å². The lowest BCUT2D eigenvalue weighted by Crippen LogP contribution is -2.36. The summed E-state index contributed by atoms with van der Waals surface area (Å²) in [5.74, 6) is 0.0704. The summed E-state index contributed by atoms with van der Waals surface area (Å²) in [6.45, 7) is 4.44. The molecule has 6 nitrogen and oxygen atoms in total. The van der Waals surface area contributed by atoms with Gasteiger partial charge in [-0.2, -0.15) is 0 Å². The molecule has 0 radical (unpaired) electrons. The third kappa shape index (κ3) is 4.27. The largest absolute Gasteiger partial charge is 0.342 e. The first-order valence-corrected chi connectivity index (χ1v) is 9.54. The molecule has 1 atom stereocenters. The van der Waals surface area contributed by atoms with Gasteiger partial charge in [0.2, 0.25) is 15.9 Å². The van der Waals surface area contributed by atoms with Crippen LogP contribution in [0.25, 0.3) is 0 Å². The van der Waals surface area contributed by atoms with E-state index in [0.29, 0.717) is 31.0 Å². The second kappa shape index (κ2) is 7.82. The van der Waals surface area contributed by atoms with Crippen molar-refractivity contribution in [3.8, 4) is 0 Å². The van der Waals surface area contributed by atoms with Crippen LogP contribution in [0, 0.1) is 0 Å². The Kier molecular flexibility index (Phi) is 6.25. The molecule has 134 valence electrons. The second-order valence-corrected chi connectivity index (χ2v) is 7.96. The van der Waals surface area contributed by atoms with Gasteiger partial charge < -0.3 is 10.2 Å². The molecule has 1 aromatic rings. The molecule has 2 aliphatic heterocycles. The molecule has 1 fully saturated rings. The fraction of sp³-hybridized carbons (Fsp3) is 0.562. The van der Waals surface area contributed by atoms with Crippen LogP contribution in [0.1, 0.15) is 24.5 Å². The number of carbonyl (C=O) groups is 1. The van der Waals surface area contributed by atoms with Gasteiger partial charge in [0.25, 0.3) is 0 Å². The van der Waals surface area contributed by atoms with Gasteiger partial charge in [0.15, 0.2) is 0 Å². The first-order valence-electron chi connectivity index (χ1n) is 8.06. The van der Waals surface area contributed by atoms with E-state index in [0.717, 1.165) is 30.5 Å². The monoisotopic (exact) mass is 373 g/mol. The molecular weight excluding hydrogens is 350 g/mol. The predicted octanol–water partition coefficient (Wildman–Crippen LogP) is 0.696. The quantitative estimate of drug-likeness (QED) is 0.817. The standard InChI is InChI=1S/C16H23N3O3S.ClH/c1-12(20)19-8-5-13-2-3-16(10-14(13)6-9-19)23(21,22)18-15-4-7-17-11-15;/h2-3,10,15,17-18H,4-9,11H2,1H3;1H. The summed E-state index contributed by atoms with van der Waals surface area (Å²) in [7, 11) is -3.49. The van der Waals surface area contributed by atoms with Gasteiger partial charge in [0.05, 0.1) is 4.90 Å². The number of amides is 1. The van der Waals surface area contributed by atoms with Crippen molar-refractivity contribution in [1.29, 1.82) is 0 Å². The molecule has 2 aliphatic rings. The third-order valence-corrected chi connectivity index (χ3v) is 6.14. The fourth-order valence-electron chi connectivity index (χ4n) is 3.23. The van der Waals surface area contributed by atoms with E-state index in [9.17, 15) is 13.2 Å². The summed E-state index contributed by atoms with van der Waals surface area (Å²) in [4.78, 5) is 13.7. The lowest BCUT2D eigenvalue weighted by molar-refractivity contribution is -0.128. The van der Waals surface area contributed by atoms with Crippen molar-refractivity contribution in [3.05, 3.63) is 29.3 Å². The van der Waals surface area contributed by atoms with Gasteiger partial charge in [-0.1, -0.05) is 6.07 Å².